The second-order valence-electron chi connectivity index (χ2n) is 4.18. The molecule has 1 aromatic heterocycles. The van der Waals surface area contributed by atoms with Gasteiger partial charge in [-0.05, 0) is 17.8 Å². The summed E-state index contributed by atoms with van der Waals surface area (Å²) in [6.45, 7) is 0.674. The van der Waals surface area contributed by atoms with Crippen molar-refractivity contribution >= 4 is 28.3 Å². The normalized spacial score (nSPS) is 12.0. The molecular weight excluding hydrogens is 383 g/mol. The first kappa shape index (κ1) is 15.4. The third-order valence-corrected chi connectivity index (χ3v) is 3.19. The smallest absolute Gasteiger partial charge is 0.348 e. The minimum atomic E-state index is -0.483. The van der Waals surface area contributed by atoms with Crippen LogP contribution in [0.5, 0.6) is 0 Å². The van der Waals surface area contributed by atoms with Crippen LogP contribution in [0.2, 0.25) is 0 Å². The van der Waals surface area contributed by atoms with Gasteiger partial charge in [0.25, 0.3) is 0 Å². The Bertz CT molecular complexity index is 713. The maximum absolute atomic E-state index is 11.6. The molecule has 21 heavy (non-hydrogen) atoms. The Labute approximate surface area is 134 Å². The van der Waals surface area contributed by atoms with Crippen LogP contribution in [0.3, 0.4) is 0 Å². The van der Waals surface area contributed by atoms with E-state index in [2.05, 4.69) is 38.1 Å². The number of aromatic amines is 2. The molecule has 0 aliphatic heterocycles. The molecule has 0 atom stereocenters. The maximum atomic E-state index is 11.6. The molecule has 0 aliphatic rings. The van der Waals surface area contributed by atoms with Crippen LogP contribution >= 0.6 is 22.6 Å². The summed E-state index contributed by atoms with van der Waals surface area (Å²) in [6.07, 6.45) is 5.22. The van der Waals surface area contributed by atoms with Crippen LogP contribution < -0.4 is 16.7 Å². The van der Waals surface area contributed by atoms with Crippen molar-refractivity contribution in [3.8, 4) is 0 Å². The summed E-state index contributed by atoms with van der Waals surface area (Å²) in [6, 6.07) is 9.95. The molecule has 7 heteroatoms. The summed E-state index contributed by atoms with van der Waals surface area (Å²) in [4.78, 5) is 23.2. The van der Waals surface area contributed by atoms with E-state index in [1.165, 1.54) is 0 Å². The highest BCUT2D eigenvalue weighted by molar-refractivity contribution is 14.1. The van der Waals surface area contributed by atoms with Gasteiger partial charge in [-0.1, -0.05) is 59.0 Å². The van der Waals surface area contributed by atoms with E-state index in [0.29, 0.717) is 16.7 Å². The SMILES string of the molecule is O=c1[nH][nH]c(=O)n1C(/C=C\NCc1ccccc1)=C/CI. The summed E-state index contributed by atoms with van der Waals surface area (Å²) in [5.41, 5.74) is 0.711. The molecular formula is C14H15IN4O2. The van der Waals surface area contributed by atoms with Crippen molar-refractivity contribution < 1.29 is 0 Å². The zero-order chi connectivity index (χ0) is 15.1. The molecule has 0 radical (unpaired) electrons. The van der Waals surface area contributed by atoms with E-state index in [0.717, 1.165) is 10.1 Å². The zero-order valence-corrected chi connectivity index (χ0v) is 13.3. The number of rotatable bonds is 6. The first-order valence-electron chi connectivity index (χ1n) is 6.32. The largest absolute Gasteiger partial charge is 0.387 e. The second-order valence-corrected chi connectivity index (χ2v) is 5.06. The lowest BCUT2D eigenvalue weighted by Crippen LogP contribution is -2.25. The lowest BCUT2D eigenvalue weighted by molar-refractivity contribution is 0.867. The van der Waals surface area contributed by atoms with Gasteiger partial charge in [-0.25, -0.2) is 24.4 Å². The number of aromatic nitrogens is 3. The monoisotopic (exact) mass is 398 g/mol. The topological polar surface area (TPSA) is 82.7 Å². The zero-order valence-electron chi connectivity index (χ0n) is 11.2. The molecule has 3 N–H and O–H groups in total. The number of H-pyrrole nitrogens is 2. The van der Waals surface area contributed by atoms with Gasteiger partial charge in [0, 0.05) is 11.0 Å². The second kappa shape index (κ2) is 7.67. The molecule has 1 aromatic carbocycles. The van der Waals surface area contributed by atoms with Crippen molar-refractivity contribution in [2.75, 3.05) is 4.43 Å². The average molecular weight is 398 g/mol. The van der Waals surface area contributed by atoms with Gasteiger partial charge in [0.15, 0.2) is 0 Å². The molecule has 0 spiro atoms. The Hall–Kier alpha value is -2.03. The van der Waals surface area contributed by atoms with Crippen LogP contribution in [0.4, 0.5) is 0 Å². The Balaban J connectivity index is 2.08. The van der Waals surface area contributed by atoms with Gasteiger partial charge in [-0.15, -0.1) is 0 Å². The van der Waals surface area contributed by atoms with E-state index < -0.39 is 11.4 Å². The van der Waals surface area contributed by atoms with Gasteiger partial charge in [0.05, 0.1) is 5.70 Å². The van der Waals surface area contributed by atoms with Crippen molar-refractivity contribution in [2.24, 2.45) is 0 Å². The quantitative estimate of drug-likeness (QED) is 0.391. The summed E-state index contributed by atoms with van der Waals surface area (Å²) in [5, 5.41) is 7.66. The minimum absolute atomic E-state index is 0.483. The number of alkyl halides is 1. The van der Waals surface area contributed by atoms with E-state index in [-0.39, 0.29) is 0 Å². The Morgan fingerprint density at radius 1 is 1.19 bits per heavy atom. The predicted molar refractivity (Wildman–Crippen MR) is 91.3 cm³/mol. The number of halogens is 1. The highest BCUT2D eigenvalue weighted by Gasteiger charge is 2.05. The van der Waals surface area contributed by atoms with Crippen LogP contribution in [0, 0.1) is 0 Å². The molecule has 0 saturated heterocycles. The van der Waals surface area contributed by atoms with Crippen LogP contribution in [-0.4, -0.2) is 19.2 Å². The highest BCUT2D eigenvalue weighted by Crippen LogP contribution is 2.02. The first-order valence-corrected chi connectivity index (χ1v) is 7.85. The van der Waals surface area contributed by atoms with Crippen LogP contribution in [0.1, 0.15) is 5.56 Å². The number of hydrogen-bond acceptors (Lipinski definition) is 3. The van der Waals surface area contributed by atoms with Crippen LogP contribution in [0.25, 0.3) is 5.70 Å². The molecule has 110 valence electrons. The Morgan fingerprint density at radius 3 is 2.48 bits per heavy atom. The fourth-order valence-corrected chi connectivity index (χ4v) is 2.23. The van der Waals surface area contributed by atoms with Gasteiger partial charge in [0.1, 0.15) is 0 Å². The number of hydrogen-bond donors (Lipinski definition) is 3. The average Bonchev–Trinajstić information content (AvgIpc) is 2.83. The molecule has 6 nitrogen and oxygen atoms in total. The third-order valence-electron chi connectivity index (χ3n) is 2.75. The van der Waals surface area contributed by atoms with Crippen molar-refractivity contribution in [3.05, 3.63) is 75.2 Å². The summed E-state index contributed by atoms with van der Waals surface area (Å²) >= 11 is 2.15. The van der Waals surface area contributed by atoms with Crippen LogP contribution in [-0.2, 0) is 6.54 Å². The predicted octanol–water partition coefficient (Wildman–Crippen LogP) is 1.44. The van der Waals surface area contributed by atoms with Gasteiger partial charge in [-0.2, -0.15) is 0 Å². The summed E-state index contributed by atoms with van der Waals surface area (Å²) in [5.74, 6) is 0. The highest BCUT2D eigenvalue weighted by atomic mass is 127. The van der Waals surface area contributed by atoms with E-state index in [4.69, 9.17) is 0 Å². The molecule has 0 aliphatic carbocycles. The van der Waals surface area contributed by atoms with E-state index >= 15 is 0 Å². The van der Waals surface area contributed by atoms with Crippen molar-refractivity contribution in [1.82, 2.24) is 20.1 Å². The van der Waals surface area contributed by atoms with Gasteiger partial charge >= 0.3 is 11.4 Å². The number of nitrogens with one attached hydrogen (secondary N) is 3. The number of allylic oxidation sites excluding steroid dienone is 3. The Morgan fingerprint density at radius 2 is 1.86 bits per heavy atom. The lowest BCUT2D eigenvalue weighted by Gasteiger charge is -2.02. The van der Waals surface area contributed by atoms with Crippen molar-refractivity contribution in [3.63, 3.8) is 0 Å². The fraction of sp³-hybridized carbons (Fsp3) is 0.143. The number of nitrogens with zero attached hydrogens (tertiary/aromatic N) is 1. The van der Waals surface area contributed by atoms with Crippen molar-refractivity contribution in [1.29, 1.82) is 0 Å². The fourth-order valence-electron chi connectivity index (χ4n) is 1.78. The third kappa shape index (κ3) is 4.22. The molecule has 0 bridgehead atoms. The maximum Gasteiger partial charge on any atom is 0.348 e. The number of benzene rings is 1. The van der Waals surface area contributed by atoms with E-state index in [1.807, 2.05) is 30.3 Å². The van der Waals surface area contributed by atoms with Gasteiger partial charge in [-0.3, -0.25) is 0 Å². The summed E-state index contributed by atoms with van der Waals surface area (Å²) < 4.78 is 1.74. The minimum Gasteiger partial charge on any atom is -0.387 e. The van der Waals surface area contributed by atoms with Crippen LogP contribution in [0.15, 0.2) is 58.3 Å². The molecule has 0 saturated carbocycles. The molecule has 2 aromatic rings. The molecule has 0 unspecified atom stereocenters. The van der Waals surface area contributed by atoms with E-state index in [9.17, 15) is 9.59 Å². The molecule has 0 fully saturated rings. The van der Waals surface area contributed by atoms with Crippen molar-refractivity contribution in [2.45, 2.75) is 6.54 Å². The van der Waals surface area contributed by atoms with Gasteiger partial charge in [0.2, 0.25) is 0 Å². The lowest BCUT2D eigenvalue weighted by atomic mass is 10.2. The molecule has 1 heterocycles. The summed E-state index contributed by atoms with van der Waals surface area (Å²) in [7, 11) is 0. The Kier molecular flexibility index (Phi) is 5.61. The molecule has 2 rings (SSSR count). The standard InChI is InChI=1S/C14H15IN4O2/c15-8-6-12(19-13(20)17-18-14(19)21)7-9-16-10-11-4-2-1-3-5-11/h1-7,9,16H,8,10H2,(H,17,20)(H,18,21)/b9-7-,12-6+. The van der Waals surface area contributed by atoms with E-state index in [1.54, 1.807) is 18.4 Å². The molecule has 0 amide bonds. The van der Waals surface area contributed by atoms with Gasteiger partial charge < -0.3 is 5.32 Å². The first-order chi connectivity index (χ1) is 10.2.